The molecule has 1 fully saturated rings. The van der Waals surface area contributed by atoms with Gasteiger partial charge in [0.15, 0.2) is 0 Å². The third-order valence-electron chi connectivity index (χ3n) is 2.49. The Hall–Kier alpha value is -0.740. The van der Waals surface area contributed by atoms with E-state index in [2.05, 4.69) is 0 Å². The van der Waals surface area contributed by atoms with Gasteiger partial charge in [-0.3, -0.25) is 4.79 Å². The maximum absolute atomic E-state index is 12.2. The molecule has 0 unspecified atom stereocenters. The van der Waals surface area contributed by atoms with Crippen molar-refractivity contribution in [3.8, 4) is 0 Å². The number of halogens is 3. The van der Waals surface area contributed by atoms with Crippen LogP contribution in [0.15, 0.2) is 0 Å². The van der Waals surface area contributed by atoms with Crippen molar-refractivity contribution in [3.63, 3.8) is 0 Å². The van der Waals surface area contributed by atoms with Crippen LogP contribution >= 0.6 is 0 Å². The monoisotopic (exact) mass is 196 g/mol. The highest BCUT2D eigenvalue weighted by atomic mass is 19.4. The Morgan fingerprint density at radius 3 is 2.38 bits per heavy atom. The van der Waals surface area contributed by atoms with Gasteiger partial charge in [-0.2, -0.15) is 13.2 Å². The Kier molecular flexibility index (Phi) is 2.83. The van der Waals surface area contributed by atoms with E-state index in [1.807, 2.05) is 0 Å². The predicted molar refractivity (Wildman–Crippen MR) is 39.1 cm³/mol. The smallest absolute Gasteiger partial charge is 0.391 e. The van der Waals surface area contributed by atoms with Crippen molar-refractivity contribution in [1.29, 1.82) is 0 Å². The molecule has 0 amide bonds. The van der Waals surface area contributed by atoms with Crippen LogP contribution in [0.25, 0.3) is 0 Å². The highest BCUT2D eigenvalue weighted by Gasteiger charge is 2.43. The highest BCUT2D eigenvalue weighted by Crippen LogP contribution is 2.39. The second kappa shape index (κ2) is 3.55. The van der Waals surface area contributed by atoms with Gasteiger partial charge in [-0.15, -0.1) is 0 Å². The molecular formula is C8H11F3O2. The van der Waals surface area contributed by atoms with Crippen molar-refractivity contribution in [2.75, 3.05) is 0 Å². The van der Waals surface area contributed by atoms with Crippen LogP contribution in [0.2, 0.25) is 0 Å². The van der Waals surface area contributed by atoms with Crippen LogP contribution < -0.4 is 0 Å². The van der Waals surface area contributed by atoms with Crippen molar-refractivity contribution in [1.82, 2.24) is 0 Å². The zero-order valence-corrected chi connectivity index (χ0v) is 6.97. The summed E-state index contributed by atoms with van der Waals surface area (Å²) in [7, 11) is 0. The van der Waals surface area contributed by atoms with Crippen molar-refractivity contribution in [2.45, 2.75) is 31.9 Å². The fraction of sp³-hybridized carbons (Fsp3) is 0.875. The summed E-state index contributed by atoms with van der Waals surface area (Å²) in [6, 6.07) is 0. The van der Waals surface area contributed by atoms with E-state index in [0.717, 1.165) is 0 Å². The maximum atomic E-state index is 12.2. The number of carbonyl (C=O) groups is 1. The molecule has 0 aliphatic heterocycles. The van der Waals surface area contributed by atoms with Gasteiger partial charge >= 0.3 is 12.1 Å². The Morgan fingerprint density at radius 1 is 1.31 bits per heavy atom. The van der Waals surface area contributed by atoms with Crippen molar-refractivity contribution in [2.24, 2.45) is 11.8 Å². The van der Waals surface area contributed by atoms with Crippen LogP contribution in [0.4, 0.5) is 13.2 Å². The van der Waals surface area contributed by atoms with Gasteiger partial charge in [0.25, 0.3) is 0 Å². The van der Waals surface area contributed by atoms with Gasteiger partial charge < -0.3 is 5.11 Å². The largest absolute Gasteiger partial charge is 0.481 e. The lowest BCUT2D eigenvalue weighted by atomic mass is 9.81. The minimum atomic E-state index is -4.23. The van der Waals surface area contributed by atoms with E-state index in [-0.39, 0.29) is 12.8 Å². The molecule has 13 heavy (non-hydrogen) atoms. The van der Waals surface area contributed by atoms with Gasteiger partial charge in [0.05, 0.1) is 11.8 Å². The van der Waals surface area contributed by atoms with Gasteiger partial charge in [-0.1, -0.05) is 6.42 Å². The molecule has 0 aromatic rings. The van der Waals surface area contributed by atoms with Gasteiger partial charge in [-0.25, -0.2) is 0 Å². The van der Waals surface area contributed by atoms with E-state index < -0.39 is 24.0 Å². The number of hydrogen-bond donors (Lipinski definition) is 1. The highest BCUT2D eigenvalue weighted by molar-refractivity contribution is 5.70. The molecule has 1 aliphatic carbocycles. The second-order valence-corrected chi connectivity index (χ2v) is 3.44. The van der Waals surface area contributed by atoms with E-state index in [4.69, 9.17) is 5.11 Å². The first kappa shape index (κ1) is 10.3. The summed E-state index contributed by atoms with van der Waals surface area (Å²) in [5, 5.41) is 8.55. The average Bonchev–Trinajstić information content (AvgIpc) is 2.03. The van der Waals surface area contributed by atoms with Gasteiger partial charge in [0.2, 0.25) is 0 Å². The molecule has 0 radical (unpaired) electrons. The lowest BCUT2D eigenvalue weighted by Gasteiger charge is -2.28. The van der Waals surface area contributed by atoms with E-state index in [0.29, 0.717) is 12.8 Å². The lowest BCUT2D eigenvalue weighted by Crippen LogP contribution is -2.31. The van der Waals surface area contributed by atoms with E-state index in [9.17, 15) is 18.0 Å². The lowest BCUT2D eigenvalue weighted by molar-refractivity contribution is -0.188. The molecule has 0 bridgehead atoms. The Balaban J connectivity index is 2.57. The Morgan fingerprint density at radius 2 is 1.92 bits per heavy atom. The van der Waals surface area contributed by atoms with Crippen LogP contribution in [0.5, 0.6) is 0 Å². The summed E-state index contributed by atoms with van der Waals surface area (Å²) >= 11 is 0. The Labute approximate surface area is 73.7 Å². The van der Waals surface area contributed by atoms with Crippen LogP contribution in [-0.4, -0.2) is 17.3 Å². The molecule has 1 aliphatic rings. The minimum absolute atomic E-state index is 0.0767. The SMILES string of the molecule is O=C(O)[C@H]1CCC[C@H](C(F)(F)F)C1. The van der Waals surface area contributed by atoms with Crippen molar-refractivity contribution in [3.05, 3.63) is 0 Å². The van der Waals surface area contributed by atoms with Gasteiger partial charge in [0, 0.05) is 0 Å². The predicted octanol–water partition coefficient (Wildman–Crippen LogP) is 2.44. The molecule has 1 rings (SSSR count). The Bertz CT molecular complexity index is 200. The average molecular weight is 196 g/mol. The third kappa shape index (κ3) is 2.60. The molecule has 1 saturated carbocycles. The van der Waals surface area contributed by atoms with E-state index in [1.165, 1.54) is 0 Å². The summed E-state index contributed by atoms with van der Waals surface area (Å²) in [5.41, 5.74) is 0. The maximum Gasteiger partial charge on any atom is 0.391 e. The molecule has 0 heterocycles. The topological polar surface area (TPSA) is 37.3 Å². The molecular weight excluding hydrogens is 185 g/mol. The van der Waals surface area contributed by atoms with Crippen LogP contribution in [0, 0.1) is 11.8 Å². The number of hydrogen-bond acceptors (Lipinski definition) is 1. The zero-order valence-electron chi connectivity index (χ0n) is 6.97. The standard InChI is InChI=1S/C8H11F3O2/c9-8(10,11)6-3-1-2-5(4-6)7(12)13/h5-6H,1-4H2,(H,12,13)/t5-,6-/m0/s1. The quantitative estimate of drug-likeness (QED) is 0.699. The minimum Gasteiger partial charge on any atom is -0.481 e. The first-order chi connectivity index (χ1) is 5.91. The van der Waals surface area contributed by atoms with E-state index >= 15 is 0 Å². The molecule has 0 aromatic heterocycles. The summed E-state index contributed by atoms with van der Waals surface area (Å²) in [4.78, 5) is 10.5. The van der Waals surface area contributed by atoms with Crippen LogP contribution in [0.1, 0.15) is 25.7 Å². The number of carboxylic acids is 1. The summed E-state index contributed by atoms with van der Waals surface area (Å²) in [6.07, 6.45) is -3.66. The second-order valence-electron chi connectivity index (χ2n) is 3.44. The number of rotatable bonds is 1. The normalized spacial score (nSPS) is 30.1. The van der Waals surface area contributed by atoms with Crippen LogP contribution in [0.3, 0.4) is 0 Å². The number of carboxylic acid groups (broad SMARTS) is 1. The molecule has 5 heteroatoms. The molecule has 1 N–H and O–H groups in total. The fourth-order valence-corrected chi connectivity index (χ4v) is 1.71. The van der Waals surface area contributed by atoms with Gasteiger partial charge in [0.1, 0.15) is 0 Å². The molecule has 0 aromatic carbocycles. The summed E-state index contributed by atoms with van der Waals surface area (Å²) in [6.45, 7) is 0. The molecule has 76 valence electrons. The molecule has 0 spiro atoms. The summed E-state index contributed by atoms with van der Waals surface area (Å²) < 4.78 is 36.6. The van der Waals surface area contributed by atoms with Gasteiger partial charge in [-0.05, 0) is 19.3 Å². The number of aliphatic carboxylic acids is 1. The molecule has 2 nitrogen and oxygen atoms in total. The fourth-order valence-electron chi connectivity index (χ4n) is 1.71. The molecule has 0 saturated heterocycles. The first-order valence-electron chi connectivity index (χ1n) is 4.21. The summed E-state index contributed by atoms with van der Waals surface area (Å²) in [5.74, 6) is -3.32. The first-order valence-corrected chi connectivity index (χ1v) is 4.21. The third-order valence-corrected chi connectivity index (χ3v) is 2.49. The van der Waals surface area contributed by atoms with E-state index in [1.54, 1.807) is 0 Å². The molecule has 2 atom stereocenters. The zero-order chi connectivity index (χ0) is 10.1. The number of alkyl halides is 3. The van der Waals surface area contributed by atoms with Crippen molar-refractivity contribution < 1.29 is 23.1 Å². The van der Waals surface area contributed by atoms with Crippen LogP contribution in [-0.2, 0) is 4.79 Å². The van der Waals surface area contributed by atoms with Crippen molar-refractivity contribution >= 4 is 5.97 Å².